The molecular formula is C15H21ClN2O2. The maximum atomic E-state index is 12.1. The summed E-state index contributed by atoms with van der Waals surface area (Å²) in [5, 5.41) is 6.89. The van der Waals surface area contributed by atoms with E-state index in [0.29, 0.717) is 28.8 Å². The summed E-state index contributed by atoms with van der Waals surface area (Å²) in [7, 11) is 1.54. The molecule has 0 spiro atoms. The third-order valence-corrected chi connectivity index (χ3v) is 3.88. The number of nitrogens with one attached hydrogen (secondary N) is 2. The van der Waals surface area contributed by atoms with E-state index in [1.807, 2.05) is 0 Å². The molecule has 1 aliphatic rings. The summed E-state index contributed by atoms with van der Waals surface area (Å²) in [4.78, 5) is 12.1. The van der Waals surface area contributed by atoms with Gasteiger partial charge in [-0.3, -0.25) is 4.79 Å². The lowest BCUT2D eigenvalue weighted by molar-refractivity contribution is 0.0947. The van der Waals surface area contributed by atoms with Crippen molar-refractivity contribution in [1.29, 1.82) is 0 Å². The lowest BCUT2D eigenvalue weighted by atomic mass is 9.96. The molecule has 1 aromatic rings. The predicted octanol–water partition coefficient (Wildman–Crippen LogP) is 2.47. The molecule has 1 heterocycles. The maximum absolute atomic E-state index is 12.1. The fourth-order valence-corrected chi connectivity index (χ4v) is 2.67. The van der Waals surface area contributed by atoms with Crippen molar-refractivity contribution in [2.75, 3.05) is 26.7 Å². The number of amides is 1. The van der Waals surface area contributed by atoms with Gasteiger partial charge < -0.3 is 15.4 Å². The van der Waals surface area contributed by atoms with Crippen LogP contribution in [-0.2, 0) is 0 Å². The molecule has 110 valence electrons. The number of piperidine rings is 1. The number of hydrogen-bond acceptors (Lipinski definition) is 3. The molecule has 0 aliphatic carbocycles. The molecule has 0 saturated carbocycles. The van der Waals surface area contributed by atoms with E-state index in [1.54, 1.807) is 18.2 Å². The lowest BCUT2D eigenvalue weighted by Gasteiger charge is -2.22. The molecule has 20 heavy (non-hydrogen) atoms. The standard InChI is InChI=1S/C15H21ClN2O2/c1-20-14-9-12(16)4-5-13(14)15(19)18-8-6-11-3-2-7-17-10-11/h4-5,9,11,17H,2-3,6-8,10H2,1H3,(H,18,19). The van der Waals surface area contributed by atoms with Gasteiger partial charge in [-0.05, 0) is 56.5 Å². The minimum atomic E-state index is -0.109. The Morgan fingerprint density at radius 2 is 2.40 bits per heavy atom. The van der Waals surface area contributed by atoms with Crippen molar-refractivity contribution in [1.82, 2.24) is 10.6 Å². The molecule has 1 aliphatic heterocycles. The Morgan fingerprint density at radius 1 is 1.55 bits per heavy atom. The van der Waals surface area contributed by atoms with Crippen molar-refractivity contribution in [3.05, 3.63) is 28.8 Å². The monoisotopic (exact) mass is 296 g/mol. The van der Waals surface area contributed by atoms with Crippen LogP contribution in [0.3, 0.4) is 0 Å². The van der Waals surface area contributed by atoms with Gasteiger partial charge in [-0.2, -0.15) is 0 Å². The largest absolute Gasteiger partial charge is 0.496 e. The van der Waals surface area contributed by atoms with Crippen molar-refractivity contribution in [2.24, 2.45) is 5.92 Å². The molecule has 4 nitrogen and oxygen atoms in total. The number of methoxy groups -OCH3 is 1. The second-order valence-corrected chi connectivity index (χ2v) is 5.54. The fourth-order valence-electron chi connectivity index (χ4n) is 2.51. The summed E-state index contributed by atoms with van der Waals surface area (Å²) in [5.41, 5.74) is 0.527. The SMILES string of the molecule is COc1cc(Cl)ccc1C(=O)NCCC1CCCNC1. The minimum Gasteiger partial charge on any atom is -0.496 e. The van der Waals surface area contributed by atoms with Crippen LogP contribution in [0.25, 0.3) is 0 Å². The number of rotatable bonds is 5. The van der Waals surface area contributed by atoms with Gasteiger partial charge in [0.1, 0.15) is 5.75 Å². The van der Waals surface area contributed by atoms with Crippen LogP contribution in [0.1, 0.15) is 29.6 Å². The zero-order valence-electron chi connectivity index (χ0n) is 11.7. The first kappa shape index (κ1) is 15.1. The van der Waals surface area contributed by atoms with E-state index < -0.39 is 0 Å². The minimum absolute atomic E-state index is 0.109. The van der Waals surface area contributed by atoms with Crippen LogP contribution < -0.4 is 15.4 Å². The van der Waals surface area contributed by atoms with E-state index in [1.165, 1.54) is 20.0 Å². The van der Waals surface area contributed by atoms with E-state index >= 15 is 0 Å². The lowest BCUT2D eigenvalue weighted by Crippen LogP contribution is -2.33. The maximum Gasteiger partial charge on any atom is 0.255 e. The number of carbonyl (C=O) groups excluding carboxylic acids is 1. The van der Waals surface area contributed by atoms with E-state index in [0.717, 1.165) is 19.5 Å². The zero-order chi connectivity index (χ0) is 14.4. The Bertz CT molecular complexity index is 459. The first-order valence-electron chi connectivity index (χ1n) is 7.03. The van der Waals surface area contributed by atoms with Crippen LogP contribution >= 0.6 is 11.6 Å². The summed E-state index contributed by atoms with van der Waals surface area (Å²) < 4.78 is 5.19. The normalized spacial score (nSPS) is 18.6. The van der Waals surface area contributed by atoms with Crippen LogP contribution in [0, 0.1) is 5.92 Å². The first-order valence-corrected chi connectivity index (χ1v) is 7.41. The second kappa shape index (κ2) is 7.50. The first-order chi connectivity index (χ1) is 9.70. The summed E-state index contributed by atoms with van der Waals surface area (Å²) in [6.07, 6.45) is 3.48. The Kier molecular flexibility index (Phi) is 5.68. The quantitative estimate of drug-likeness (QED) is 0.877. The average Bonchev–Trinajstić information content (AvgIpc) is 2.48. The number of halogens is 1. The molecule has 2 rings (SSSR count). The van der Waals surface area contributed by atoms with Gasteiger partial charge in [0.15, 0.2) is 0 Å². The van der Waals surface area contributed by atoms with Crippen LogP contribution in [0.5, 0.6) is 5.75 Å². The molecular weight excluding hydrogens is 276 g/mol. The number of benzene rings is 1. The van der Waals surface area contributed by atoms with Gasteiger partial charge in [-0.1, -0.05) is 11.6 Å². The van der Waals surface area contributed by atoms with Gasteiger partial charge in [0.25, 0.3) is 5.91 Å². The van der Waals surface area contributed by atoms with Crippen molar-refractivity contribution in [2.45, 2.75) is 19.3 Å². The predicted molar refractivity (Wildman–Crippen MR) is 80.5 cm³/mol. The van der Waals surface area contributed by atoms with Gasteiger partial charge in [-0.25, -0.2) is 0 Å². The summed E-state index contributed by atoms with van der Waals surface area (Å²) in [5.74, 6) is 1.06. The van der Waals surface area contributed by atoms with Gasteiger partial charge in [-0.15, -0.1) is 0 Å². The third kappa shape index (κ3) is 4.12. The van der Waals surface area contributed by atoms with Crippen LogP contribution in [0.4, 0.5) is 0 Å². The van der Waals surface area contributed by atoms with Crippen LogP contribution in [0.15, 0.2) is 18.2 Å². The highest BCUT2D eigenvalue weighted by molar-refractivity contribution is 6.30. The molecule has 0 aromatic heterocycles. The Balaban J connectivity index is 1.85. The van der Waals surface area contributed by atoms with Crippen molar-refractivity contribution in [3.63, 3.8) is 0 Å². The highest BCUT2D eigenvalue weighted by atomic mass is 35.5. The Morgan fingerprint density at radius 3 is 3.10 bits per heavy atom. The molecule has 2 N–H and O–H groups in total. The average molecular weight is 297 g/mol. The van der Waals surface area contributed by atoms with Crippen molar-refractivity contribution in [3.8, 4) is 5.75 Å². The third-order valence-electron chi connectivity index (χ3n) is 3.65. The van der Waals surface area contributed by atoms with E-state index in [4.69, 9.17) is 16.3 Å². The summed E-state index contributed by atoms with van der Waals surface area (Å²) >= 11 is 5.89. The molecule has 1 aromatic carbocycles. The molecule has 1 fully saturated rings. The molecule has 1 saturated heterocycles. The molecule has 0 bridgehead atoms. The van der Waals surface area contributed by atoms with Crippen LogP contribution in [-0.4, -0.2) is 32.7 Å². The second-order valence-electron chi connectivity index (χ2n) is 5.10. The number of carbonyl (C=O) groups is 1. The smallest absolute Gasteiger partial charge is 0.255 e. The Labute approximate surface area is 124 Å². The molecule has 0 radical (unpaired) electrons. The number of hydrogen-bond donors (Lipinski definition) is 2. The van der Waals surface area contributed by atoms with E-state index in [9.17, 15) is 4.79 Å². The molecule has 1 unspecified atom stereocenters. The van der Waals surface area contributed by atoms with E-state index in [-0.39, 0.29) is 5.91 Å². The van der Waals surface area contributed by atoms with Crippen molar-refractivity contribution < 1.29 is 9.53 Å². The molecule has 1 atom stereocenters. The van der Waals surface area contributed by atoms with Gasteiger partial charge >= 0.3 is 0 Å². The van der Waals surface area contributed by atoms with Crippen LogP contribution in [0.2, 0.25) is 5.02 Å². The van der Waals surface area contributed by atoms with Gasteiger partial charge in [0.2, 0.25) is 0 Å². The fraction of sp³-hybridized carbons (Fsp3) is 0.533. The molecule has 1 amide bonds. The van der Waals surface area contributed by atoms with Gasteiger partial charge in [0, 0.05) is 11.6 Å². The highest BCUT2D eigenvalue weighted by Gasteiger charge is 2.15. The molecule has 5 heteroatoms. The summed E-state index contributed by atoms with van der Waals surface area (Å²) in [6.45, 7) is 2.86. The summed E-state index contributed by atoms with van der Waals surface area (Å²) in [6, 6.07) is 5.05. The zero-order valence-corrected chi connectivity index (χ0v) is 12.5. The Hall–Kier alpha value is -1.26. The topological polar surface area (TPSA) is 50.4 Å². The highest BCUT2D eigenvalue weighted by Crippen LogP contribution is 2.23. The van der Waals surface area contributed by atoms with E-state index in [2.05, 4.69) is 10.6 Å². The van der Waals surface area contributed by atoms with Crippen molar-refractivity contribution >= 4 is 17.5 Å². The van der Waals surface area contributed by atoms with Gasteiger partial charge in [0.05, 0.1) is 12.7 Å². The number of ether oxygens (including phenoxy) is 1.